The monoisotopic (exact) mass is 603 g/mol. The van der Waals surface area contributed by atoms with E-state index in [-0.39, 0.29) is 29.0 Å². The van der Waals surface area contributed by atoms with E-state index in [0.29, 0.717) is 27.7 Å². The molecule has 0 aromatic heterocycles. The Labute approximate surface area is 247 Å². The van der Waals surface area contributed by atoms with E-state index in [0.717, 1.165) is 9.87 Å². The van der Waals surface area contributed by atoms with Gasteiger partial charge in [0.2, 0.25) is 11.8 Å². The number of benzene rings is 3. The molecule has 2 amide bonds. The van der Waals surface area contributed by atoms with E-state index in [9.17, 15) is 18.0 Å². The predicted molar refractivity (Wildman–Crippen MR) is 161 cm³/mol. The lowest BCUT2D eigenvalue weighted by Gasteiger charge is -2.32. The molecule has 1 N–H and O–H groups in total. The van der Waals surface area contributed by atoms with Gasteiger partial charge in [-0.25, -0.2) is 8.42 Å². The van der Waals surface area contributed by atoms with Crippen LogP contribution in [-0.4, -0.2) is 44.3 Å². The summed E-state index contributed by atoms with van der Waals surface area (Å²) < 4.78 is 29.0. The van der Waals surface area contributed by atoms with E-state index < -0.39 is 28.5 Å². The van der Waals surface area contributed by atoms with Gasteiger partial charge in [0.1, 0.15) is 12.6 Å². The minimum Gasteiger partial charge on any atom is -0.354 e. The van der Waals surface area contributed by atoms with Crippen molar-refractivity contribution < 1.29 is 18.0 Å². The molecule has 0 saturated carbocycles. The zero-order valence-electron chi connectivity index (χ0n) is 23.3. The summed E-state index contributed by atoms with van der Waals surface area (Å²) in [5.74, 6) is -0.674. The van der Waals surface area contributed by atoms with Crippen LogP contribution in [0.2, 0.25) is 10.0 Å². The average molecular weight is 605 g/mol. The molecular weight excluding hydrogens is 569 g/mol. The molecule has 3 aromatic rings. The first kappa shape index (κ1) is 31.5. The highest BCUT2D eigenvalue weighted by atomic mass is 35.5. The zero-order chi connectivity index (χ0) is 29.6. The molecule has 3 rings (SSSR count). The van der Waals surface area contributed by atoms with E-state index in [1.807, 2.05) is 20.8 Å². The first-order valence-electron chi connectivity index (χ1n) is 13.0. The Balaban J connectivity index is 2.06. The molecule has 7 nitrogen and oxygen atoms in total. The maximum absolute atomic E-state index is 14.0. The normalized spacial score (nSPS) is 12.2. The summed E-state index contributed by atoms with van der Waals surface area (Å²) in [6.07, 6.45) is 0. The van der Waals surface area contributed by atoms with Gasteiger partial charge in [0, 0.05) is 23.1 Å². The van der Waals surface area contributed by atoms with Crippen LogP contribution >= 0.6 is 23.2 Å². The molecule has 1 atom stereocenters. The van der Waals surface area contributed by atoms with Crippen molar-refractivity contribution in [2.24, 2.45) is 5.92 Å². The minimum atomic E-state index is -4.18. The number of carbonyl (C=O) groups is 2. The summed E-state index contributed by atoms with van der Waals surface area (Å²) in [7, 11) is -4.18. The summed E-state index contributed by atoms with van der Waals surface area (Å²) in [6.45, 7) is 9.09. The summed E-state index contributed by atoms with van der Waals surface area (Å²) >= 11 is 12.6. The number of sulfonamides is 1. The smallest absolute Gasteiger partial charge is 0.264 e. The van der Waals surface area contributed by atoms with Crippen molar-refractivity contribution in [2.75, 3.05) is 17.4 Å². The van der Waals surface area contributed by atoms with Crippen LogP contribution in [0, 0.1) is 19.8 Å². The second-order valence-corrected chi connectivity index (χ2v) is 12.9. The lowest BCUT2D eigenvalue weighted by molar-refractivity contribution is -0.139. The molecule has 0 bridgehead atoms. The highest BCUT2D eigenvalue weighted by molar-refractivity contribution is 7.92. The Morgan fingerprint density at radius 3 is 2.20 bits per heavy atom. The number of halogens is 2. The van der Waals surface area contributed by atoms with Crippen molar-refractivity contribution in [3.8, 4) is 0 Å². The van der Waals surface area contributed by atoms with E-state index in [1.54, 1.807) is 68.4 Å². The number of rotatable bonds is 11. The van der Waals surface area contributed by atoms with Crippen LogP contribution in [0.3, 0.4) is 0 Å². The lowest BCUT2D eigenvalue weighted by atomic mass is 10.1. The third kappa shape index (κ3) is 7.77. The number of aryl methyl sites for hydroxylation is 1. The molecule has 0 aliphatic rings. The molecular formula is C30H35Cl2N3O4S. The van der Waals surface area contributed by atoms with Gasteiger partial charge in [-0.3, -0.25) is 13.9 Å². The second kappa shape index (κ2) is 13.5. The fourth-order valence-corrected chi connectivity index (χ4v) is 5.94. The Hall–Kier alpha value is -3.07. The van der Waals surface area contributed by atoms with Crippen molar-refractivity contribution in [1.82, 2.24) is 10.2 Å². The van der Waals surface area contributed by atoms with Crippen molar-refractivity contribution in [3.63, 3.8) is 0 Å². The molecule has 0 unspecified atom stereocenters. The Bertz CT molecular complexity index is 1460. The number of carbonyl (C=O) groups excluding carboxylic acids is 2. The van der Waals surface area contributed by atoms with Gasteiger partial charge in [0.05, 0.1) is 10.6 Å². The number of hydrogen-bond donors (Lipinski definition) is 1. The van der Waals surface area contributed by atoms with Crippen LogP contribution in [0.5, 0.6) is 0 Å². The van der Waals surface area contributed by atoms with Crippen molar-refractivity contribution in [2.45, 2.75) is 52.1 Å². The topological polar surface area (TPSA) is 86.8 Å². The van der Waals surface area contributed by atoms with Crippen molar-refractivity contribution in [3.05, 3.63) is 93.5 Å². The molecule has 0 aliphatic carbocycles. The molecule has 0 saturated heterocycles. The van der Waals surface area contributed by atoms with Gasteiger partial charge >= 0.3 is 0 Å². The van der Waals surface area contributed by atoms with Gasteiger partial charge in [-0.2, -0.15) is 0 Å². The van der Waals surface area contributed by atoms with Crippen LogP contribution < -0.4 is 9.62 Å². The van der Waals surface area contributed by atoms with Gasteiger partial charge in [-0.1, -0.05) is 72.9 Å². The maximum atomic E-state index is 14.0. The molecule has 0 spiro atoms. The average Bonchev–Trinajstić information content (AvgIpc) is 2.90. The molecule has 10 heteroatoms. The van der Waals surface area contributed by atoms with E-state index in [2.05, 4.69) is 5.32 Å². The van der Waals surface area contributed by atoms with Gasteiger partial charge in [-0.05, 0) is 74.2 Å². The Kier molecular flexibility index (Phi) is 10.6. The number of anilines is 1. The molecule has 0 fully saturated rings. The van der Waals surface area contributed by atoms with Crippen LogP contribution in [0.25, 0.3) is 0 Å². The lowest BCUT2D eigenvalue weighted by Crippen LogP contribution is -2.51. The third-order valence-electron chi connectivity index (χ3n) is 6.49. The number of nitrogens with one attached hydrogen (secondary N) is 1. The zero-order valence-corrected chi connectivity index (χ0v) is 25.6. The summed E-state index contributed by atoms with van der Waals surface area (Å²) in [4.78, 5) is 28.5. The highest BCUT2D eigenvalue weighted by Gasteiger charge is 2.33. The van der Waals surface area contributed by atoms with Crippen LogP contribution in [0.15, 0.2) is 71.6 Å². The fraction of sp³-hybridized carbons (Fsp3) is 0.333. The first-order valence-corrected chi connectivity index (χ1v) is 15.2. The SMILES string of the molecule is Cc1ccc(S(=O)(=O)N(CC(=O)N(Cc2cccc(Cl)c2)[C@@H](C)C(=O)NCC(C)C)c2cccc(Cl)c2C)cc1. The largest absolute Gasteiger partial charge is 0.354 e. The molecule has 40 heavy (non-hydrogen) atoms. The van der Waals surface area contributed by atoms with E-state index in [4.69, 9.17) is 23.2 Å². The van der Waals surface area contributed by atoms with Crippen molar-refractivity contribution in [1.29, 1.82) is 0 Å². The van der Waals surface area contributed by atoms with E-state index in [1.165, 1.54) is 17.0 Å². The number of hydrogen-bond acceptors (Lipinski definition) is 4. The maximum Gasteiger partial charge on any atom is 0.264 e. The van der Waals surface area contributed by atoms with E-state index >= 15 is 0 Å². The van der Waals surface area contributed by atoms with Gasteiger partial charge in [0.25, 0.3) is 10.0 Å². The second-order valence-electron chi connectivity index (χ2n) is 10.2. The van der Waals surface area contributed by atoms with Crippen LogP contribution in [0.4, 0.5) is 5.69 Å². The molecule has 0 radical (unpaired) electrons. The Morgan fingerprint density at radius 2 is 1.57 bits per heavy atom. The molecule has 214 valence electrons. The van der Waals surface area contributed by atoms with Crippen LogP contribution in [0.1, 0.15) is 37.5 Å². The summed E-state index contributed by atoms with van der Waals surface area (Å²) in [5, 5.41) is 3.72. The minimum absolute atomic E-state index is 0.0365. The third-order valence-corrected chi connectivity index (χ3v) is 8.91. The van der Waals surface area contributed by atoms with Gasteiger partial charge in [0.15, 0.2) is 0 Å². The standard InChI is InChI=1S/C30H35Cl2N3O4S/c1-20(2)17-33-30(37)23(5)34(18-24-8-6-9-25(31)16-24)29(36)19-35(28-11-7-10-27(32)22(28)4)40(38,39)26-14-12-21(3)13-15-26/h6-16,20,23H,17-19H2,1-5H3,(H,33,37)/t23-/m0/s1. The molecule has 0 heterocycles. The predicted octanol–water partition coefficient (Wildman–Crippen LogP) is 6.00. The first-order chi connectivity index (χ1) is 18.8. The number of amides is 2. The Morgan fingerprint density at radius 1 is 0.925 bits per heavy atom. The van der Waals surface area contributed by atoms with Gasteiger partial charge < -0.3 is 10.2 Å². The fourth-order valence-electron chi connectivity index (χ4n) is 4.08. The summed E-state index contributed by atoms with van der Waals surface area (Å²) in [5.41, 5.74) is 2.39. The molecule has 3 aromatic carbocycles. The number of nitrogens with zero attached hydrogens (tertiary/aromatic N) is 2. The quantitative estimate of drug-likeness (QED) is 0.291. The van der Waals surface area contributed by atoms with Crippen LogP contribution in [-0.2, 0) is 26.2 Å². The molecule has 0 aliphatic heterocycles. The van der Waals surface area contributed by atoms with Crippen molar-refractivity contribution >= 4 is 50.7 Å². The highest BCUT2D eigenvalue weighted by Crippen LogP contribution is 2.31. The summed E-state index contributed by atoms with van der Waals surface area (Å²) in [6, 6.07) is 17.4. The van der Waals surface area contributed by atoms with Gasteiger partial charge in [-0.15, -0.1) is 0 Å².